The average molecular weight is 301 g/mol. The number of carbonyl (C=O) groups excluding carboxylic acids is 1. The Kier molecular flexibility index (Phi) is 4.77. The molecule has 0 bridgehead atoms. The van der Waals surface area contributed by atoms with Crippen LogP contribution in [0.5, 0.6) is 5.75 Å². The molecule has 0 radical (unpaired) electrons. The Morgan fingerprint density at radius 1 is 1.20 bits per heavy atom. The van der Waals surface area contributed by atoms with Gasteiger partial charge in [-0.15, -0.1) is 0 Å². The number of benzene rings is 1. The molecule has 112 valence electrons. The first-order chi connectivity index (χ1) is 9.10. The van der Waals surface area contributed by atoms with Crippen molar-refractivity contribution in [2.45, 2.75) is 31.2 Å². The molecule has 0 aliphatic rings. The monoisotopic (exact) mass is 301 g/mol. The van der Waals surface area contributed by atoms with Gasteiger partial charge in [0.2, 0.25) is 10.0 Å². The number of hydrogen-bond acceptors (Lipinski definition) is 5. The number of esters is 1. The van der Waals surface area contributed by atoms with Gasteiger partial charge < -0.3 is 9.47 Å². The fraction of sp³-hybridized carbons (Fsp3) is 0.462. The summed E-state index contributed by atoms with van der Waals surface area (Å²) in [6.45, 7) is 5.13. The third-order valence-corrected chi connectivity index (χ3v) is 4.12. The smallest absolute Gasteiger partial charge is 0.339 e. The van der Waals surface area contributed by atoms with Crippen LogP contribution in [0.3, 0.4) is 0 Å². The Labute approximate surface area is 119 Å². The lowest BCUT2D eigenvalue weighted by Crippen LogP contribution is -2.41. The van der Waals surface area contributed by atoms with E-state index < -0.39 is 21.5 Å². The maximum atomic E-state index is 12.4. The van der Waals surface area contributed by atoms with Gasteiger partial charge in [-0.05, 0) is 32.9 Å². The second-order valence-electron chi connectivity index (χ2n) is 5.21. The van der Waals surface area contributed by atoms with Crippen LogP contribution in [0, 0.1) is 0 Å². The van der Waals surface area contributed by atoms with E-state index in [-0.39, 0.29) is 10.5 Å². The highest BCUT2D eigenvalue weighted by atomic mass is 32.2. The maximum absolute atomic E-state index is 12.4. The third-order valence-electron chi connectivity index (χ3n) is 2.32. The quantitative estimate of drug-likeness (QED) is 0.853. The zero-order valence-electron chi connectivity index (χ0n) is 12.2. The third kappa shape index (κ3) is 3.94. The molecule has 0 heterocycles. The van der Waals surface area contributed by atoms with Crippen LogP contribution in [-0.4, -0.2) is 34.1 Å². The zero-order valence-corrected chi connectivity index (χ0v) is 13.0. The molecule has 6 nitrogen and oxygen atoms in total. The average Bonchev–Trinajstić information content (AvgIpc) is 2.34. The Morgan fingerprint density at radius 2 is 1.80 bits per heavy atom. The van der Waals surface area contributed by atoms with Crippen LogP contribution in [0.2, 0.25) is 0 Å². The molecule has 0 aliphatic heterocycles. The highest BCUT2D eigenvalue weighted by Crippen LogP contribution is 2.24. The van der Waals surface area contributed by atoms with Crippen molar-refractivity contribution in [2.75, 3.05) is 14.2 Å². The zero-order chi connectivity index (χ0) is 15.6. The standard InChI is InChI=1S/C13H19NO5S/c1-13(2,3)14-20(16,17)11-8-9(18-4)6-7-10(11)12(15)19-5/h6-8,14H,1-5H3. The van der Waals surface area contributed by atoms with E-state index in [1.54, 1.807) is 20.8 Å². The maximum Gasteiger partial charge on any atom is 0.339 e. The van der Waals surface area contributed by atoms with Gasteiger partial charge >= 0.3 is 5.97 Å². The lowest BCUT2D eigenvalue weighted by atomic mass is 10.1. The van der Waals surface area contributed by atoms with E-state index in [0.717, 1.165) is 0 Å². The van der Waals surface area contributed by atoms with Crippen LogP contribution in [0.15, 0.2) is 23.1 Å². The largest absolute Gasteiger partial charge is 0.497 e. The lowest BCUT2D eigenvalue weighted by molar-refractivity contribution is 0.0596. The molecule has 1 N–H and O–H groups in total. The summed E-state index contributed by atoms with van der Waals surface area (Å²) in [7, 11) is -1.26. The summed E-state index contributed by atoms with van der Waals surface area (Å²) in [5.41, 5.74) is -0.708. The molecular formula is C13H19NO5S. The van der Waals surface area contributed by atoms with Crippen LogP contribution in [0.25, 0.3) is 0 Å². The first-order valence-corrected chi connectivity index (χ1v) is 7.39. The number of ether oxygens (including phenoxy) is 2. The van der Waals surface area contributed by atoms with Crippen LogP contribution in [0.4, 0.5) is 0 Å². The Balaban J connectivity index is 3.43. The molecule has 0 aliphatic carbocycles. The molecule has 0 spiro atoms. The number of methoxy groups -OCH3 is 2. The molecule has 7 heteroatoms. The van der Waals surface area contributed by atoms with Gasteiger partial charge in [-0.3, -0.25) is 0 Å². The van der Waals surface area contributed by atoms with Gasteiger partial charge in [-0.25, -0.2) is 17.9 Å². The molecular weight excluding hydrogens is 282 g/mol. The molecule has 1 aromatic rings. The minimum atomic E-state index is -3.87. The van der Waals surface area contributed by atoms with Crippen molar-refractivity contribution in [1.82, 2.24) is 4.72 Å². The van der Waals surface area contributed by atoms with Gasteiger partial charge in [0.15, 0.2) is 0 Å². The molecule has 0 aromatic heterocycles. The minimum Gasteiger partial charge on any atom is -0.497 e. The van der Waals surface area contributed by atoms with Crippen LogP contribution in [0.1, 0.15) is 31.1 Å². The van der Waals surface area contributed by atoms with E-state index in [0.29, 0.717) is 5.75 Å². The van der Waals surface area contributed by atoms with Gasteiger partial charge in [0.05, 0.1) is 19.8 Å². The second-order valence-corrected chi connectivity index (χ2v) is 6.86. The molecule has 20 heavy (non-hydrogen) atoms. The summed E-state index contributed by atoms with van der Waals surface area (Å²) < 4.78 is 36.9. The highest BCUT2D eigenvalue weighted by Gasteiger charge is 2.27. The highest BCUT2D eigenvalue weighted by molar-refractivity contribution is 7.89. The van der Waals surface area contributed by atoms with Crippen molar-refractivity contribution in [1.29, 1.82) is 0 Å². The summed E-state index contributed by atoms with van der Waals surface area (Å²) in [4.78, 5) is 11.5. The fourth-order valence-electron chi connectivity index (χ4n) is 1.59. The molecule has 0 atom stereocenters. The van der Waals surface area contributed by atoms with Crippen molar-refractivity contribution < 1.29 is 22.7 Å². The van der Waals surface area contributed by atoms with Crippen molar-refractivity contribution in [3.05, 3.63) is 23.8 Å². The Morgan fingerprint density at radius 3 is 2.25 bits per heavy atom. The SMILES string of the molecule is COC(=O)c1ccc(OC)cc1S(=O)(=O)NC(C)(C)C. The molecule has 0 saturated carbocycles. The summed E-state index contributed by atoms with van der Waals surface area (Å²) in [6, 6.07) is 4.16. The van der Waals surface area contributed by atoms with Crippen molar-refractivity contribution in [3.63, 3.8) is 0 Å². The van der Waals surface area contributed by atoms with Crippen molar-refractivity contribution >= 4 is 16.0 Å². The first-order valence-electron chi connectivity index (χ1n) is 5.91. The van der Waals surface area contributed by atoms with Crippen molar-refractivity contribution in [2.24, 2.45) is 0 Å². The first kappa shape index (κ1) is 16.5. The molecule has 0 unspecified atom stereocenters. The van der Waals surface area contributed by atoms with Gasteiger partial charge in [-0.1, -0.05) is 0 Å². The second kappa shape index (κ2) is 5.80. The van der Waals surface area contributed by atoms with E-state index in [4.69, 9.17) is 4.74 Å². The fourth-order valence-corrected chi connectivity index (χ4v) is 3.22. The number of nitrogens with one attached hydrogen (secondary N) is 1. The van der Waals surface area contributed by atoms with E-state index in [2.05, 4.69) is 9.46 Å². The molecule has 1 aromatic carbocycles. The normalized spacial score (nSPS) is 12.1. The van der Waals surface area contributed by atoms with E-state index in [9.17, 15) is 13.2 Å². The molecule has 0 fully saturated rings. The predicted octanol–water partition coefficient (Wildman–Crippen LogP) is 1.56. The van der Waals surface area contributed by atoms with Gasteiger partial charge in [0.25, 0.3) is 0 Å². The van der Waals surface area contributed by atoms with E-state index >= 15 is 0 Å². The Bertz CT molecular complexity index is 602. The van der Waals surface area contributed by atoms with Crippen LogP contribution in [-0.2, 0) is 14.8 Å². The van der Waals surface area contributed by atoms with Gasteiger partial charge in [-0.2, -0.15) is 0 Å². The molecule has 0 saturated heterocycles. The summed E-state index contributed by atoms with van der Waals surface area (Å²) in [5, 5.41) is 0. The van der Waals surface area contributed by atoms with Gasteiger partial charge in [0, 0.05) is 11.6 Å². The van der Waals surface area contributed by atoms with Crippen LogP contribution >= 0.6 is 0 Å². The molecule has 1 rings (SSSR count). The summed E-state index contributed by atoms with van der Waals surface area (Å²) in [6.07, 6.45) is 0. The number of rotatable bonds is 4. The van der Waals surface area contributed by atoms with E-state index in [1.165, 1.54) is 32.4 Å². The number of carbonyl (C=O) groups is 1. The van der Waals surface area contributed by atoms with Crippen LogP contribution < -0.4 is 9.46 Å². The topological polar surface area (TPSA) is 81.7 Å². The minimum absolute atomic E-state index is 0.0370. The van der Waals surface area contributed by atoms with Gasteiger partial charge in [0.1, 0.15) is 10.6 Å². The number of hydrogen-bond donors (Lipinski definition) is 1. The summed E-state index contributed by atoms with van der Waals surface area (Å²) in [5.74, 6) is -0.381. The number of sulfonamides is 1. The predicted molar refractivity (Wildman–Crippen MR) is 74.4 cm³/mol. The molecule has 0 amide bonds. The summed E-state index contributed by atoms with van der Waals surface area (Å²) >= 11 is 0. The van der Waals surface area contributed by atoms with Crippen molar-refractivity contribution in [3.8, 4) is 5.75 Å². The Hall–Kier alpha value is -1.60. The lowest BCUT2D eigenvalue weighted by Gasteiger charge is -2.21. The van der Waals surface area contributed by atoms with E-state index in [1.807, 2.05) is 0 Å².